The number of nitrogens with two attached hydrogens (primary N) is 1. The summed E-state index contributed by atoms with van der Waals surface area (Å²) in [5, 5.41) is 0. The van der Waals surface area contributed by atoms with E-state index in [2.05, 4.69) is 40.3 Å². The number of carbonyl (C=O) groups is 1. The lowest BCUT2D eigenvalue weighted by atomic mass is 10.0. The highest BCUT2D eigenvalue weighted by molar-refractivity contribution is 5.99. The largest absolute Gasteiger partial charge is 0.497 e. The Morgan fingerprint density at radius 1 is 1.05 bits per heavy atom. The molecule has 3 heterocycles. The van der Waals surface area contributed by atoms with E-state index >= 15 is 0 Å². The van der Waals surface area contributed by atoms with Crippen molar-refractivity contribution in [3.63, 3.8) is 0 Å². The maximum absolute atomic E-state index is 13.1. The van der Waals surface area contributed by atoms with Gasteiger partial charge in [-0.3, -0.25) is 14.7 Å². The van der Waals surface area contributed by atoms with Crippen LogP contribution in [0.25, 0.3) is 16.8 Å². The second-order valence-corrected chi connectivity index (χ2v) is 9.82. The van der Waals surface area contributed by atoms with Crippen molar-refractivity contribution in [2.45, 2.75) is 26.8 Å². The molecule has 1 aliphatic heterocycles. The number of hydrogen-bond donors (Lipinski definition) is 1. The first-order valence-electron chi connectivity index (χ1n) is 13.1. The van der Waals surface area contributed by atoms with E-state index in [1.807, 2.05) is 60.4 Å². The van der Waals surface area contributed by atoms with E-state index in [1.165, 1.54) is 0 Å². The summed E-state index contributed by atoms with van der Waals surface area (Å²) in [5.74, 6) is 0.771. The third-order valence-electron chi connectivity index (χ3n) is 6.78. The molecular formula is C31H36N6O2. The second kappa shape index (κ2) is 12.5. The molecule has 2 aromatic heterocycles. The summed E-state index contributed by atoms with van der Waals surface area (Å²) in [5.41, 5.74) is 11.5. The Morgan fingerprint density at radius 3 is 2.41 bits per heavy atom. The monoisotopic (exact) mass is 524 g/mol. The van der Waals surface area contributed by atoms with Gasteiger partial charge in [0.05, 0.1) is 12.8 Å². The fourth-order valence-electron chi connectivity index (χ4n) is 4.43. The number of carbonyl (C=O) groups excluding carboxylic acids is 1. The molecule has 2 N–H and O–H groups in total. The molecule has 0 bridgehead atoms. The van der Waals surface area contributed by atoms with Crippen molar-refractivity contribution in [1.29, 1.82) is 0 Å². The van der Waals surface area contributed by atoms with E-state index in [0.29, 0.717) is 28.8 Å². The highest BCUT2D eigenvalue weighted by Gasteiger charge is 2.23. The van der Waals surface area contributed by atoms with Crippen LogP contribution in [0.3, 0.4) is 0 Å². The van der Waals surface area contributed by atoms with Gasteiger partial charge in [0.1, 0.15) is 17.3 Å². The van der Waals surface area contributed by atoms with Crippen molar-refractivity contribution in [3.8, 4) is 11.1 Å². The quantitative estimate of drug-likeness (QED) is 0.201. The first-order valence-corrected chi connectivity index (χ1v) is 13.1. The van der Waals surface area contributed by atoms with Gasteiger partial charge in [-0.1, -0.05) is 24.8 Å². The molecule has 39 heavy (non-hydrogen) atoms. The van der Waals surface area contributed by atoms with Crippen LogP contribution in [-0.4, -0.2) is 70.8 Å². The van der Waals surface area contributed by atoms with Crippen LogP contribution >= 0.6 is 0 Å². The predicted molar refractivity (Wildman–Crippen MR) is 156 cm³/mol. The lowest BCUT2D eigenvalue weighted by Gasteiger charge is -2.37. The van der Waals surface area contributed by atoms with Crippen molar-refractivity contribution in [1.82, 2.24) is 19.8 Å². The van der Waals surface area contributed by atoms with E-state index in [9.17, 15) is 4.79 Å². The molecule has 1 fully saturated rings. The van der Waals surface area contributed by atoms with Crippen LogP contribution in [0.2, 0.25) is 0 Å². The summed E-state index contributed by atoms with van der Waals surface area (Å²) in [4.78, 5) is 31.0. The number of aryl methyl sites for hydroxylation is 1. The van der Waals surface area contributed by atoms with Crippen molar-refractivity contribution >= 4 is 17.4 Å². The average molecular weight is 525 g/mol. The van der Waals surface area contributed by atoms with Gasteiger partial charge in [0, 0.05) is 73.1 Å². The lowest BCUT2D eigenvalue weighted by Crippen LogP contribution is -2.50. The van der Waals surface area contributed by atoms with Crippen LogP contribution in [0.15, 0.2) is 84.3 Å². The Labute approximate surface area is 230 Å². The molecular weight excluding hydrogens is 488 g/mol. The molecule has 0 aliphatic carbocycles. The lowest BCUT2D eigenvalue weighted by molar-refractivity contribution is 0.0595. The third kappa shape index (κ3) is 6.97. The summed E-state index contributed by atoms with van der Waals surface area (Å²) in [7, 11) is 1.55. The minimum atomic E-state index is 0.0645. The first kappa shape index (κ1) is 27.7. The predicted octanol–water partition coefficient (Wildman–Crippen LogP) is 4.52. The van der Waals surface area contributed by atoms with Crippen LogP contribution < -0.4 is 5.73 Å². The number of rotatable bonds is 8. The minimum Gasteiger partial charge on any atom is -0.497 e. The van der Waals surface area contributed by atoms with Crippen molar-refractivity contribution in [3.05, 3.63) is 102 Å². The molecule has 0 unspecified atom stereocenters. The molecule has 0 saturated carbocycles. The minimum absolute atomic E-state index is 0.0645. The number of nitrogens with zero attached hydrogens (tertiary/aromatic N) is 5. The molecule has 8 nitrogen and oxygen atoms in total. The molecule has 8 heteroatoms. The van der Waals surface area contributed by atoms with E-state index in [4.69, 9.17) is 10.5 Å². The summed E-state index contributed by atoms with van der Waals surface area (Å²) in [6.07, 6.45) is 5.21. The summed E-state index contributed by atoms with van der Waals surface area (Å²) >= 11 is 0. The van der Waals surface area contributed by atoms with E-state index in [-0.39, 0.29) is 11.7 Å². The Morgan fingerprint density at radius 2 is 1.77 bits per heavy atom. The van der Waals surface area contributed by atoms with Gasteiger partial charge in [0.15, 0.2) is 0 Å². The Bertz CT molecular complexity index is 1390. The first-order chi connectivity index (χ1) is 18.7. The molecule has 3 aromatic rings. The molecule has 1 amide bonds. The average Bonchev–Trinajstić information content (AvgIpc) is 2.96. The number of amides is 1. The molecule has 1 aliphatic rings. The zero-order chi connectivity index (χ0) is 27.9. The summed E-state index contributed by atoms with van der Waals surface area (Å²) in [6, 6.07) is 15.7. The second-order valence-electron chi connectivity index (χ2n) is 9.82. The van der Waals surface area contributed by atoms with E-state index in [0.717, 1.165) is 48.6 Å². The fourth-order valence-corrected chi connectivity index (χ4v) is 4.43. The van der Waals surface area contributed by atoms with Gasteiger partial charge in [-0.25, -0.2) is 9.98 Å². The van der Waals surface area contributed by atoms with Gasteiger partial charge in [0.2, 0.25) is 0 Å². The SMILES string of the molecule is C=C(/C=C(\N=C(N)c1cccc(C)n1)c1cncc(-c2ccc(C(=O)N3CCN(C(C)C)CC3)cc2)c1)OC. The number of amidine groups is 1. The van der Waals surface area contributed by atoms with Gasteiger partial charge in [0.25, 0.3) is 5.91 Å². The molecule has 202 valence electrons. The zero-order valence-corrected chi connectivity index (χ0v) is 23.1. The molecule has 0 atom stereocenters. The number of piperazine rings is 1. The highest BCUT2D eigenvalue weighted by Crippen LogP contribution is 2.25. The maximum atomic E-state index is 13.1. The van der Waals surface area contributed by atoms with Crippen LogP contribution in [0.4, 0.5) is 0 Å². The number of aromatic nitrogens is 2. The molecule has 0 spiro atoms. The van der Waals surface area contributed by atoms with Crippen molar-refractivity contribution in [2.75, 3.05) is 33.3 Å². The number of aliphatic imine (C=N–C) groups is 1. The smallest absolute Gasteiger partial charge is 0.253 e. The van der Waals surface area contributed by atoms with E-state index in [1.54, 1.807) is 25.6 Å². The summed E-state index contributed by atoms with van der Waals surface area (Å²) < 4.78 is 5.27. The van der Waals surface area contributed by atoms with Gasteiger partial charge >= 0.3 is 0 Å². The van der Waals surface area contributed by atoms with Crippen LogP contribution in [0.5, 0.6) is 0 Å². The Hall–Kier alpha value is -4.30. The topological polar surface area (TPSA) is 96.9 Å². The van der Waals surface area contributed by atoms with Crippen LogP contribution in [0.1, 0.15) is 41.2 Å². The number of methoxy groups -OCH3 is 1. The van der Waals surface area contributed by atoms with Crippen LogP contribution in [0, 0.1) is 6.92 Å². The third-order valence-corrected chi connectivity index (χ3v) is 6.78. The van der Waals surface area contributed by atoms with Crippen LogP contribution in [-0.2, 0) is 4.74 Å². The fraction of sp³-hybridized carbons (Fsp3) is 0.290. The number of hydrogen-bond acceptors (Lipinski definition) is 6. The van der Waals surface area contributed by atoms with Gasteiger partial charge in [-0.05, 0) is 56.7 Å². The number of pyridine rings is 2. The standard InChI is InChI=1S/C31H36N6O2/c1-21(2)36-13-15-37(16-14-36)31(38)25-11-9-24(10-12-25)26-18-27(20-33-19-26)29(17-23(4)39-5)35-30(32)28-8-6-7-22(3)34-28/h6-12,17-21H,4,13-16H2,1-3,5H3,(H2,32,35)/b29-17-. The zero-order valence-electron chi connectivity index (χ0n) is 23.1. The Balaban J connectivity index is 1.57. The molecule has 1 aromatic carbocycles. The Kier molecular flexibility index (Phi) is 8.88. The molecule has 0 radical (unpaired) electrons. The van der Waals surface area contributed by atoms with Crippen molar-refractivity contribution in [2.24, 2.45) is 10.7 Å². The van der Waals surface area contributed by atoms with E-state index < -0.39 is 0 Å². The number of benzene rings is 1. The maximum Gasteiger partial charge on any atom is 0.253 e. The highest BCUT2D eigenvalue weighted by atomic mass is 16.5. The van der Waals surface area contributed by atoms with Gasteiger partial charge < -0.3 is 15.4 Å². The summed E-state index contributed by atoms with van der Waals surface area (Å²) in [6.45, 7) is 13.5. The van der Waals surface area contributed by atoms with Gasteiger partial charge in [-0.2, -0.15) is 0 Å². The van der Waals surface area contributed by atoms with Gasteiger partial charge in [-0.15, -0.1) is 0 Å². The number of ether oxygens (including phenoxy) is 1. The van der Waals surface area contributed by atoms with Crippen molar-refractivity contribution < 1.29 is 9.53 Å². The molecule has 1 saturated heterocycles. The normalized spacial score (nSPS) is 14.9. The molecule has 4 rings (SSSR count). The number of allylic oxidation sites excluding steroid dienone is 1.